The average Bonchev–Trinajstić information content (AvgIpc) is 2.93. The number of benzene rings is 2. The van der Waals surface area contributed by atoms with Crippen LogP contribution in [0.1, 0.15) is 18.4 Å². The molecule has 5 nitrogen and oxygen atoms in total. The minimum atomic E-state index is -0.212. The molecule has 1 saturated heterocycles. The molecule has 0 bridgehead atoms. The van der Waals surface area contributed by atoms with Crippen LogP contribution in [0, 0.1) is 0 Å². The van der Waals surface area contributed by atoms with Crippen LogP contribution in [-0.2, 0) is 9.59 Å². The molecule has 8 heteroatoms. The maximum absolute atomic E-state index is 12.6. The Labute approximate surface area is 177 Å². The van der Waals surface area contributed by atoms with E-state index < -0.39 is 0 Å². The summed E-state index contributed by atoms with van der Waals surface area (Å²) in [5, 5.41) is 13.3. The molecule has 2 N–H and O–H groups in total. The molecular formula is C20H17ClN2O3S2. The molecule has 0 aliphatic carbocycles. The van der Waals surface area contributed by atoms with E-state index in [1.54, 1.807) is 54.6 Å². The number of rotatable bonds is 6. The Morgan fingerprint density at radius 2 is 1.93 bits per heavy atom. The van der Waals surface area contributed by atoms with Crippen LogP contribution in [0.2, 0.25) is 5.02 Å². The van der Waals surface area contributed by atoms with Crippen LogP contribution in [-0.4, -0.2) is 32.7 Å². The summed E-state index contributed by atoms with van der Waals surface area (Å²) in [5.41, 5.74) is 1.23. The molecule has 0 unspecified atom stereocenters. The molecule has 28 heavy (non-hydrogen) atoms. The van der Waals surface area contributed by atoms with Gasteiger partial charge in [0, 0.05) is 29.2 Å². The molecule has 1 aliphatic heterocycles. The number of thiocarbonyl (C=S) groups is 1. The van der Waals surface area contributed by atoms with Crippen molar-refractivity contribution in [3.63, 3.8) is 0 Å². The number of carbonyl (C=O) groups excluding carboxylic acids is 2. The summed E-state index contributed by atoms with van der Waals surface area (Å²) in [6, 6.07) is 13.6. The van der Waals surface area contributed by atoms with Gasteiger partial charge >= 0.3 is 0 Å². The first-order chi connectivity index (χ1) is 13.4. The molecule has 0 aromatic heterocycles. The predicted molar refractivity (Wildman–Crippen MR) is 117 cm³/mol. The lowest BCUT2D eigenvalue weighted by Gasteiger charge is -2.14. The van der Waals surface area contributed by atoms with Gasteiger partial charge < -0.3 is 10.4 Å². The molecule has 2 amide bonds. The average molecular weight is 433 g/mol. The summed E-state index contributed by atoms with van der Waals surface area (Å²) >= 11 is 12.3. The fourth-order valence-electron chi connectivity index (χ4n) is 2.60. The summed E-state index contributed by atoms with van der Waals surface area (Å²) in [6.45, 7) is 0.358. The lowest BCUT2D eigenvalue weighted by Crippen LogP contribution is -2.29. The zero-order valence-electron chi connectivity index (χ0n) is 14.7. The molecule has 0 atom stereocenters. The molecule has 144 valence electrons. The number of aromatic hydroxyl groups is 1. The van der Waals surface area contributed by atoms with Gasteiger partial charge in [-0.25, -0.2) is 0 Å². The number of thioether (sulfide) groups is 1. The van der Waals surface area contributed by atoms with Crippen LogP contribution in [0.5, 0.6) is 5.75 Å². The third kappa shape index (κ3) is 5.13. The fourth-order valence-corrected chi connectivity index (χ4v) is 4.02. The second-order valence-electron chi connectivity index (χ2n) is 6.05. The van der Waals surface area contributed by atoms with Gasteiger partial charge in [-0.2, -0.15) is 0 Å². The second kappa shape index (κ2) is 9.23. The quantitative estimate of drug-likeness (QED) is 0.513. The Morgan fingerprint density at radius 3 is 2.64 bits per heavy atom. The van der Waals surface area contributed by atoms with Gasteiger partial charge in [0.15, 0.2) is 0 Å². The van der Waals surface area contributed by atoms with Gasteiger partial charge in [-0.3, -0.25) is 14.5 Å². The molecule has 1 fully saturated rings. The van der Waals surface area contributed by atoms with E-state index in [9.17, 15) is 14.7 Å². The van der Waals surface area contributed by atoms with Crippen LogP contribution in [0.4, 0.5) is 5.69 Å². The van der Waals surface area contributed by atoms with Gasteiger partial charge in [0.05, 0.1) is 4.91 Å². The van der Waals surface area contributed by atoms with Gasteiger partial charge in [-0.1, -0.05) is 53.8 Å². The number of nitrogens with zero attached hydrogens (tertiary/aromatic N) is 1. The molecular weight excluding hydrogens is 416 g/mol. The van der Waals surface area contributed by atoms with Crippen molar-refractivity contribution in [3.8, 4) is 5.75 Å². The van der Waals surface area contributed by atoms with Gasteiger partial charge in [0.2, 0.25) is 5.91 Å². The number of anilines is 1. The Morgan fingerprint density at radius 1 is 1.21 bits per heavy atom. The summed E-state index contributed by atoms with van der Waals surface area (Å²) in [5.74, 6) is -0.250. The number of hydrogen-bond acceptors (Lipinski definition) is 5. The fraction of sp³-hybridized carbons (Fsp3) is 0.150. The van der Waals surface area contributed by atoms with Crippen molar-refractivity contribution in [2.45, 2.75) is 12.8 Å². The molecule has 3 rings (SSSR count). The Hall–Kier alpha value is -2.35. The molecule has 2 aromatic carbocycles. The third-order valence-corrected chi connectivity index (χ3v) is 5.64. The first-order valence-electron chi connectivity index (χ1n) is 8.53. The molecule has 0 radical (unpaired) electrons. The SMILES string of the molecule is O=C(CCCN1C(=O)/C(=C/c2ccccc2O)SC1=S)Nc1ccc(Cl)cc1. The number of amides is 2. The number of phenols is 1. The van der Waals surface area contributed by atoms with E-state index in [-0.39, 0.29) is 24.0 Å². The summed E-state index contributed by atoms with van der Waals surface area (Å²) in [7, 11) is 0. The minimum Gasteiger partial charge on any atom is -0.507 e. The molecule has 1 heterocycles. The van der Waals surface area contributed by atoms with E-state index in [0.717, 1.165) is 0 Å². The van der Waals surface area contributed by atoms with Crippen molar-refractivity contribution in [1.82, 2.24) is 4.90 Å². The van der Waals surface area contributed by atoms with Gasteiger partial charge in [-0.15, -0.1) is 0 Å². The summed E-state index contributed by atoms with van der Waals surface area (Å²) in [6.07, 6.45) is 2.37. The Bertz CT molecular complexity index is 945. The van der Waals surface area contributed by atoms with E-state index in [1.165, 1.54) is 16.7 Å². The monoisotopic (exact) mass is 432 g/mol. The van der Waals surface area contributed by atoms with Gasteiger partial charge in [0.1, 0.15) is 10.1 Å². The summed E-state index contributed by atoms with van der Waals surface area (Å²) in [4.78, 5) is 26.6. The standard InChI is InChI=1S/C20H17ClN2O3S2/c21-14-7-9-15(10-8-14)22-18(25)6-3-11-23-19(26)17(28-20(23)27)12-13-4-1-2-5-16(13)24/h1-2,4-5,7-10,12,24H,3,6,11H2,(H,22,25)/b17-12-. The number of para-hydroxylation sites is 1. The van der Waals surface area contributed by atoms with E-state index in [4.69, 9.17) is 23.8 Å². The van der Waals surface area contributed by atoms with Crippen LogP contribution in [0.25, 0.3) is 6.08 Å². The first-order valence-corrected chi connectivity index (χ1v) is 10.1. The van der Waals surface area contributed by atoms with Crippen LogP contribution < -0.4 is 5.32 Å². The van der Waals surface area contributed by atoms with Crippen molar-refractivity contribution >= 4 is 63.5 Å². The normalized spacial score (nSPS) is 15.3. The zero-order valence-corrected chi connectivity index (χ0v) is 17.1. The smallest absolute Gasteiger partial charge is 0.266 e. The van der Waals surface area contributed by atoms with Crippen molar-refractivity contribution < 1.29 is 14.7 Å². The second-order valence-corrected chi connectivity index (χ2v) is 8.16. The van der Waals surface area contributed by atoms with Gasteiger partial charge in [0.25, 0.3) is 5.91 Å². The van der Waals surface area contributed by atoms with Crippen molar-refractivity contribution in [2.75, 3.05) is 11.9 Å². The van der Waals surface area contributed by atoms with E-state index in [1.807, 2.05) is 0 Å². The topological polar surface area (TPSA) is 69.6 Å². The zero-order chi connectivity index (χ0) is 20.1. The first kappa shape index (κ1) is 20.4. The maximum atomic E-state index is 12.6. The lowest BCUT2D eigenvalue weighted by molar-refractivity contribution is -0.122. The van der Waals surface area contributed by atoms with Crippen LogP contribution >= 0.6 is 35.6 Å². The minimum absolute atomic E-state index is 0.103. The number of phenolic OH excluding ortho intramolecular Hbond substituents is 1. The Balaban J connectivity index is 1.54. The van der Waals surface area contributed by atoms with E-state index >= 15 is 0 Å². The molecule has 0 spiro atoms. The highest BCUT2D eigenvalue weighted by Crippen LogP contribution is 2.34. The Kier molecular flexibility index (Phi) is 6.72. The number of hydrogen-bond donors (Lipinski definition) is 2. The van der Waals surface area contributed by atoms with Crippen molar-refractivity contribution in [1.29, 1.82) is 0 Å². The van der Waals surface area contributed by atoms with Crippen molar-refractivity contribution in [2.24, 2.45) is 0 Å². The highest BCUT2D eigenvalue weighted by Gasteiger charge is 2.31. The van der Waals surface area contributed by atoms with E-state index in [2.05, 4.69) is 5.32 Å². The van der Waals surface area contributed by atoms with Crippen molar-refractivity contribution in [3.05, 3.63) is 64.0 Å². The largest absolute Gasteiger partial charge is 0.507 e. The molecule has 2 aromatic rings. The highest BCUT2D eigenvalue weighted by molar-refractivity contribution is 8.26. The van der Waals surface area contributed by atoms with E-state index in [0.29, 0.717) is 38.5 Å². The maximum Gasteiger partial charge on any atom is 0.266 e. The van der Waals surface area contributed by atoms with Gasteiger partial charge in [-0.05, 0) is 42.8 Å². The van der Waals surface area contributed by atoms with Crippen LogP contribution in [0.3, 0.4) is 0 Å². The molecule has 1 aliphatic rings. The third-order valence-electron chi connectivity index (χ3n) is 4.01. The van der Waals surface area contributed by atoms with Crippen LogP contribution in [0.15, 0.2) is 53.4 Å². The summed E-state index contributed by atoms with van der Waals surface area (Å²) < 4.78 is 0.449. The highest BCUT2D eigenvalue weighted by atomic mass is 35.5. The lowest BCUT2D eigenvalue weighted by atomic mass is 10.2. The number of carbonyl (C=O) groups is 2. The predicted octanol–water partition coefficient (Wildman–Crippen LogP) is 4.67. The number of nitrogens with one attached hydrogen (secondary N) is 1. The number of halogens is 1. The molecule has 0 saturated carbocycles.